The molecular weight excluding hydrogens is 457 g/mol. The molecule has 0 unspecified atom stereocenters. The zero-order chi connectivity index (χ0) is 18.9. The monoisotopic (exact) mass is 485 g/mol. The third kappa shape index (κ3) is 6.85. The fraction of sp³-hybridized carbons (Fsp3) is 0.421. The summed E-state index contributed by atoms with van der Waals surface area (Å²) < 4.78 is 5.40. The topological polar surface area (TPSA) is 106 Å². The molecule has 27 heavy (non-hydrogen) atoms. The van der Waals surface area contributed by atoms with E-state index in [1.165, 1.54) is 0 Å². The van der Waals surface area contributed by atoms with E-state index < -0.39 is 5.91 Å². The van der Waals surface area contributed by atoms with Gasteiger partial charge in [-0.05, 0) is 30.5 Å². The van der Waals surface area contributed by atoms with E-state index in [0.717, 1.165) is 29.9 Å². The number of halogens is 1. The number of rotatable bonds is 8. The molecule has 0 spiro atoms. The largest absolute Gasteiger partial charge is 0.366 e. The highest BCUT2D eigenvalue weighted by Gasteiger charge is 2.13. The summed E-state index contributed by atoms with van der Waals surface area (Å²) >= 11 is 0. The summed E-state index contributed by atoms with van der Waals surface area (Å²) in [4.78, 5) is 15.3. The van der Waals surface area contributed by atoms with Crippen molar-refractivity contribution in [1.82, 2.24) is 15.8 Å². The highest BCUT2D eigenvalue weighted by atomic mass is 127. The lowest BCUT2D eigenvalue weighted by atomic mass is 9.99. The van der Waals surface area contributed by atoms with E-state index in [9.17, 15) is 4.79 Å². The number of primary amides is 1. The van der Waals surface area contributed by atoms with Gasteiger partial charge in [0.25, 0.3) is 0 Å². The van der Waals surface area contributed by atoms with Crippen LogP contribution in [0.1, 0.15) is 60.0 Å². The Balaban J connectivity index is 0.00000364. The Labute approximate surface area is 177 Å². The van der Waals surface area contributed by atoms with Crippen molar-refractivity contribution in [2.75, 3.05) is 7.05 Å². The number of aliphatic imine (C=N–C) groups is 1. The van der Waals surface area contributed by atoms with Crippen LogP contribution in [-0.2, 0) is 13.1 Å². The van der Waals surface area contributed by atoms with E-state index in [1.807, 2.05) is 18.2 Å². The maximum absolute atomic E-state index is 11.1. The van der Waals surface area contributed by atoms with Gasteiger partial charge in [0.05, 0.1) is 12.2 Å². The number of nitrogens with two attached hydrogens (primary N) is 1. The number of nitrogens with one attached hydrogen (secondary N) is 2. The molecule has 0 radical (unpaired) electrons. The van der Waals surface area contributed by atoms with E-state index in [2.05, 4.69) is 34.6 Å². The number of aromatic nitrogens is 1. The third-order valence-electron chi connectivity index (χ3n) is 4.33. The number of carbonyl (C=O) groups is 1. The van der Waals surface area contributed by atoms with Gasteiger partial charge in [-0.1, -0.05) is 31.1 Å². The number of hydrogen-bond acceptors (Lipinski definition) is 4. The normalized spacial score (nSPS) is 11.2. The molecule has 148 valence electrons. The van der Waals surface area contributed by atoms with Crippen molar-refractivity contribution in [3.05, 3.63) is 52.9 Å². The first-order valence-electron chi connectivity index (χ1n) is 8.86. The average Bonchev–Trinajstić information content (AvgIpc) is 3.12. The van der Waals surface area contributed by atoms with Crippen LogP contribution in [0.4, 0.5) is 0 Å². The molecular formula is C19H28IN5O2. The zero-order valence-corrected chi connectivity index (χ0v) is 18.3. The SMILES string of the molecule is CCC(CC)c1cc(CNC(=NC)NCc2ccc(C(N)=O)cc2)on1.I. The van der Waals surface area contributed by atoms with Gasteiger partial charge >= 0.3 is 0 Å². The molecule has 0 aliphatic carbocycles. The van der Waals surface area contributed by atoms with Crippen LogP contribution in [0.3, 0.4) is 0 Å². The van der Waals surface area contributed by atoms with Crippen molar-refractivity contribution in [3.8, 4) is 0 Å². The number of amides is 1. The second-order valence-corrected chi connectivity index (χ2v) is 6.07. The summed E-state index contributed by atoms with van der Waals surface area (Å²) in [5, 5.41) is 10.6. The van der Waals surface area contributed by atoms with Crippen molar-refractivity contribution in [2.24, 2.45) is 10.7 Å². The molecule has 8 heteroatoms. The van der Waals surface area contributed by atoms with E-state index >= 15 is 0 Å². The standard InChI is InChI=1S/C19H27N5O2.HI/c1-4-14(5-2)17-10-16(26-24-17)12-23-19(21-3)22-11-13-6-8-15(9-7-13)18(20)25;/h6-10,14H,4-5,11-12H2,1-3H3,(H2,20,25)(H2,21,22,23);1H. The fourth-order valence-electron chi connectivity index (χ4n) is 2.68. The van der Waals surface area contributed by atoms with Gasteiger partial charge < -0.3 is 20.9 Å². The van der Waals surface area contributed by atoms with E-state index in [1.54, 1.807) is 19.2 Å². The maximum Gasteiger partial charge on any atom is 0.248 e. The number of guanidine groups is 1. The quantitative estimate of drug-likeness (QED) is 0.303. The molecule has 4 N–H and O–H groups in total. The van der Waals surface area contributed by atoms with Gasteiger partial charge in [-0.3, -0.25) is 9.79 Å². The molecule has 7 nitrogen and oxygen atoms in total. The molecule has 0 atom stereocenters. The van der Waals surface area contributed by atoms with Gasteiger partial charge in [-0.2, -0.15) is 0 Å². The second kappa shape index (κ2) is 11.6. The Morgan fingerprint density at radius 2 is 1.81 bits per heavy atom. The molecule has 2 aromatic rings. The minimum absolute atomic E-state index is 0. The van der Waals surface area contributed by atoms with E-state index in [-0.39, 0.29) is 24.0 Å². The van der Waals surface area contributed by atoms with Gasteiger partial charge in [-0.25, -0.2) is 0 Å². The maximum atomic E-state index is 11.1. The van der Waals surface area contributed by atoms with Crippen LogP contribution < -0.4 is 16.4 Å². The molecule has 1 aromatic heterocycles. The molecule has 0 saturated heterocycles. The third-order valence-corrected chi connectivity index (χ3v) is 4.33. The van der Waals surface area contributed by atoms with Crippen molar-refractivity contribution in [2.45, 2.75) is 45.7 Å². The van der Waals surface area contributed by atoms with E-state index in [0.29, 0.717) is 30.5 Å². The Kier molecular flexibility index (Phi) is 9.84. The van der Waals surface area contributed by atoms with Crippen LogP contribution in [0, 0.1) is 0 Å². The first kappa shape index (κ1) is 22.9. The molecule has 0 saturated carbocycles. The van der Waals surface area contributed by atoms with Crippen LogP contribution in [0.25, 0.3) is 0 Å². The summed E-state index contributed by atoms with van der Waals surface area (Å²) in [6.45, 7) is 5.40. The number of carbonyl (C=O) groups excluding carboxylic acids is 1. The Morgan fingerprint density at radius 3 is 2.37 bits per heavy atom. The lowest BCUT2D eigenvalue weighted by molar-refractivity contribution is 0.100. The predicted molar refractivity (Wildman–Crippen MR) is 117 cm³/mol. The molecule has 1 aromatic carbocycles. The molecule has 0 aliphatic heterocycles. The number of hydrogen-bond donors (Lipinski definition) is 3. The Hall–Kier alpha value is -2.10. The summed E-state index contributed by atoms with van der Waals surface area (Å²) in [6, 6.07) is 9.14. The molecule has 1 heterocycles. The fourth-order valence-corrected chi connectivity index (χ4v) is 2.68. The summed E-state index contributed by atoms with van der Waals surface area (Å²) in [6.07, 6.45) is 2.10. The van der Waals surface area contributed by atoms with Crippen molar-refractivity contribution in [1.29, 1.82) is 0 Å². The molecule has 2 rings (SSSR count). The zero-order valence-electron chi connectivity index (χ0n) is 16.0. The van der Waals surface area contributed by atoms with Gasteiger partial charge in [0.2, 0.25) is 5.91 Å². The van der Waals surface area contributed by atoms with Crippen LogP contribution >= 0.6 is 24.0 Å². The second-order valence-electron chi connectivity index (χ2n) is 6.07. The highest BCUT2D eigenvalue weighted by molar-refractivity contribution is 14.0. The van der Waals surface area contributed by atoms with Crippen LogP contribution in [0.5, 0.6) is 0 Å². The Morgan fingerprint density at radius 1 is 1.19 bits per heavy atom. The molecule has 1 amide bonds. The number of benzene rings is 1. The lowest BCUT2D eigenvalue weighted by Gasteiger charge is -2.11. The smallest absolute Gasteiger partial charge is 0.248 e. The lowest BCUT2D eigenvalue weighted by Crippen LogP contribution is -2.36. The molecule has 0 fully saturated rings. The van der Waals surface area contributed by atoms with Crippen LogP contribution in [-0.4, -0.2) is 24.1 Å². The summed E-state index contributed by atoms with van der Waals surface area (Å²) in [5.41, 5.74) is 7.76. The predicted octanol–water partition coefficient (Wildman–Crippen LogP) is 3.16. The van der Waals surface area contributed by atoms with Crippen LogP contribution in [0.2, 0.25) is 0 Å². The summed E-state index contributed by atoms with van der Waals surface area (Å²) in [7, 11) is 1.71. The van der Waals surface area contributed by atoms with Gasteiger partial charge in [0.1, 0.15) is 0 Å². The van der Waals surface area contributed by atoms with Crippen molar-refractivity contribution < 1.29 is 9.32 Å². The van der Waals surface area contributed by atoms with Crippen molar-refractivity contribution in [3.63, 3.8) is 0 Å². The van der Waals surface area contributed by atoms with Crippen LogP contribution in [0.15, 0.2) is 39.8 Å². The van der Waals surface area contributed by atoms with Gasteiger partial charge in [-0.15, -0.1) is 24.0 Å². The van der Waals surface area contributed by atoms with Gasteiger partial charge in [0.15, 0.2) is 11.7 Å². The summed E-state index contributed by atoms with van der Waals surface area (Å²) in [5.74, 6) is 1.44. The highest BCUT2D eigenvalue weighted by Crippen LogP contribution is 2.22. The minimum Gasteiger partial charge on any atom is -0.366 e. The first-order chi connectivity index (χ1) is 12.6. The van der Waals surface area contributed by atoms with Crippen molar-refractivity contribution >= 4 is 35.8 Å². The first-order valence-corrected chi connectivity index (χ1v) is 8.86. The molecule has 0 aliphatic rings. The van der Waals surface area contributed by atoms with E-state index in [4.69, 9.17) is 10.3 Å². The Bertz CT molecular complexity index is 739. The molecule has 0 bridgehead atoms. The average molecular weight is 485 g/mol. The van der Waals surface area contributed by atoms with Gasteiger partial charge in [0, 0.05) is 31.1 Å². The number of nitrogens with zero attached hydrogens (tertiary/aromatic N) is 2. The minimum atomic E-state index is -0.429.